The lowest BCUT2D eigenvalue weighted by atomic mass is 9.77. The molecule has 0 spiro atoms. The van der Waals surface area contributed by atoms with Gasteiger partial charge in [0.2, 0.25) is 5.91 Å². The van der Waals surface area contributed by atoms with Crippen molar-refractivity contribution in [1.82, 2.24) is 4.90 Å². The molecule has 1 aliphatic carbocycles. The van der Waals surface area contributed by atoms with Crippen molar-refractivity contribution in [3.63, 3.8) is 0 Å². The van der Waals surface area contributed by atoms with Crippen molar-refractivity contribution in [2.45, 2.75) is 83.8 Å². The zero-order valence-electron chi connectivity index (χ0n) is 12.8. The molecule has 110 valence electrons. The number of carbonyl (C=O) groups is 1. The van der Waals surface area contributed by atoms with E-state index in [9.17, 15) is 4.79 Å². The summed E-state index contributed by atoms with van der Waals surface area (Å²) in [5, 5.41) is 0. The molecule has 1 saturated carbocycles. The van der Waals surface area contributed by atoms with Crippen molar-refractivity contribution in [1.29, 1.82) is 0 Å². The van der Waals surface area contributed by atoms with Gasteiger partial charge in [-0.25, -0.2) is 0 Å². The number of hydrogen-bond donors (Lipinski definition) is 1. The second-order valence-electron chi connectivity index (χ2n) is 6.85. The molecule has 0 bridgehead atoms. The van der Waals surface area contributed by atoms with E-state index in [2.05, 4.69) is 25.7 Å². The van der Waals surface area contributed by atoms with Crippen LogP contribution < -0.4 is 5.73 Å². The van der Waals surface area contributed by atoms with Crippen LogP contribution in [0.2, 0.25) is 0 Å². The number of carbonyl (C=O) groups excluding carboxylic acids is 1. The molecule has 1 amide bonds. The highest BCUT2D eigenvalue weighted by Crippen LogP contribution is 2.33. The normalized spacial score (nSPS) is 38.0. The molecule has 2 rings (SSSR count). The number of likely N-dealkylation sites (tertiary alicyclic amines) is 1. The average molecular weight is 266 g/mol. The predicted octanol–water partition coefficient (Wildman–Crippen LogP) is 2.93. The average Bonchev–Trinajstić information content (AvgIpc) is 2.37. The Bertz CT molecular complexity index is 308. The summed E-state index contributed by atoms with van der Waals surface area (Å²) in [5.74, 6) is 1.02. The Balaban J connectivity index is 2.01. The highest BCUT2D eigenvalue weighted by Gasteiger charge is 2.35. The van der Waals surface area contributed by atoms with Gasteiger partial charge in [-0.3, -0.25) is 4.79 Å². The van der Waals surface area contributed by atoms with Gasteiger partial charge >= 0.3 is 0 Å². The van der Waals surface area contributed by atoms with E-state index in [-0.39, 0.29) is 5.92 Å². The molecule has 0 aromatic carbocycles. The lowest BCUT2D eigenvalue weighted by Gasteiger charge is -2.42. The van der Waals surface area contributed by atoms with Crippen molar-refractivity contribution in [2.75, 3.05) is 0 Å². The predicted molar refractivity (Wildman–Crippen MR) is 78.7 cm³/mol. The lowest BCUT2D eigenvalue weighted by molar-refractivity contribution is -0.143. The van der Waals surface area contributed by atoms with Crippen LogP contribution in [-0.4, -0.2) is 28.9 Å². The van der Waals surface area contributed by atoms with Gasteiger partial charge in [0.15, 0.2) is 0 Å². The number of piperidine rings is 1. The van der Waals surface area contributed by atoms with Crippen molar-refractivity contribution in [3.8, 4) is 0 Å². The fraction of sp³-hybridized carbons (Fsp3) is 0.938. The minimum Gasteiger partial charge on any atom is -0.337 e. The third kappa shape index (κ3) is 3.31. The third-order valence-corrected chi connectivity index (χ3v) is 5.30. The first-order chi connectivity index (χ1) is 9.00. The zero-order valence-corrected chi connectivity index (χ0v) is 12.8. The maximum Gasteiger partial charge on any atom is 0.226 e. The topological polar surface area (TPSA) is 46.3 Å². The highest BCUT2D eigenvalue weighted by molar-refractivity contribution is 5.79. The van der Waals surface area contributed by atoms with Gasteiger partial charge in [0.05, 0.1) is 0 Å². The van der Waals surface area contributed by atoms with Crippen LogP contribution in [0.25, 0.3) is 0 Å². The minimum atomic E-state index is 0.148. The first-order valence-corrected chi connectivity index (χ1v) is 8.08. The molecule has 1 heterocycles. The Kier molecular flexibility index (Phi) is 4.88. The number of rotatable bonds is 2. The fourth-order valence-corrected chi connectivity index (χ4v) is 4.01. The highest BCUT2D eigenvalue weighted by atomic mass is 16.2. The Morgan fingerprint density at radius 2 is 1.68 bits per heavy atom. The fourth-order valence-electron chi connectivity index (χ4n) is 4.01. The first-order valence-electron chi connectivity index (χ1n) is 8.08. The first kappa shape index (κ1) is 14.8. The van der Waals surface area contributed by atoms with E-state index < -0.39 is 0 Å². The van der Waals surface area contributed by atoms with E-state index in [0.29, 0.717) is 30.0 Å². The second kappa shape index (κ2) is 6.25. The summed E-state index contributed by atoms with van der Waals surface area (Å²) in [5.41, 5.74) is 6.07. The van der Waals surface area contributed by atoms with E-state index in [1.165, 1.54) is 19.3 Å². The molecule has 1 aliphatic heterocycles. The van der Waals surface area contributed by atoms with Crippen LogP contribution >= 0.6 is 0 Å². The van der Waals surface area contributed by atoms with Gasteiger partial charge in [-0.2, -0.15) is 0 Å². The number of amides is 1. The molecular formula is C16H30N2O. The van der Waals surface area contributed by atoms with Crippen LogP contribution in [0.1, 0.15) is 65.7 Å². The summed E-state index contributed by atoms with van der Waals surface area (Å²) in [6.07, 6.45) is 8.11. The molecule has 0 aromatic heterocycles. The number of nitrogens with two attached hydrogens (primary N) is 1. The van der Waals surface area contributed by atoms with E-state index >= 15 is 0 Å². The number of hydrogen-bond acceptors (Lipinski definition) is 2. The molecule has 2 aliphatic rings. The van der Waals surface area contributed by atoms with Gasteiger partial charge in [0.25, 0.3) is 0 Å². The SMILES string of the molecule is CC(C(=O)N1C(C)CCCC1C)C1CCCC(N)C1. The third-order valence-electron chi connectivity index (χ3n) is 5.30. The summed E-state index contributed by atoms with van der Waals surface area (Å²) in [6.45, 7) is 6.53. The standard InChI is InChI=1S/C16H30N2O/c1-11-6-4-7-12(2)18(11)16(19)13(3)14-8-5-9-15(17)10-14/h11-15H,4-10,17H2,1-3H3. The quantitative estimate of drug-likeness (QED) is 0.835. The van der Waals surface area contributed by atoms with Crippen LogP contribution in [0.5, 0.6) is 0 Å². The maximum absolute atomic E-state index is 12.8. The summed E-state index contributed by atoms with van der Waals surface area (Å²) in [7, 11) is 0. The molecule has 19 heavy (non-hydrogen) atoms. The van der Waals surface area contributed by atoms with Gasteiger partial charge in [0.1, 0.15) is 0 Å². The Morgan fingerprint density at radius 1 is 1.11 bits per heavy atom. The van der Waals surface area contributed by atoms with Gasteiger partial charge in [-0.15, -0.1) is 0 Å². The van der Waals surface area contributed by atoms with Crippen molar-refractivity contribution in [3.05, 3.63) is 0 Å². The zero-order chi connectivity index (χ0) is 14.0. The molecule has 3 nitrogen and oxygen atoms in total. The molecular weight excluding hydrogens is 236 g/mol. The van der Waals surface area contributed by atoms with Crippen molar-refractivity contribution >= 4 is 5.91 Å². The molecule has 3 heteroatoms. The van der Waals surface area contributed by atoms with Crippen molar-refractivity contribution in [2.24, 2.45) is 17.6 Å². The van der Waals surface area contributed by atoms with Gasteiger partial charge in [-0.1, -0.05) is 13.3 Å². The summed E-state index contributed by atoms with van der Waals surface area (Å²) in [6, 6.07) is 1.14. The molecule has 2 N–H and O–H groups in total. The van der Waals surface area contributed by atoms with Crippen LogP contribution in [0.4, 0.5) is 0 Å². The van der Waals surface area contributed by atoms with Gasteiger partial charge in [-0.05, 0) is 58.3 Å². The Morgan fingerprint density at radius 3 is 2.26 bits per heavy atom. The van der Waals surface area contributed by atoms with E-state index in [1.807, 2.05) is 0 Å². The monoisotopic (exact) mass is 266 g/mol. The minimum absolute atomic E-state index is 0.148. The molecule has 1 saturated heterocycles. The van der Waals surface area contributed by atoms with Gasteiger partial charge in [0, 0.05) is 24.0 Å². The van der Waals surface area contributed by atoms with Crippen LogP contribution in [0, 0.1) is 11.8 Å². The molecule has 0 radical (unpaired) electrons. The van der Waals surface area contributed by atoms with Crippen molar-refractivity contribution < 1.29 is 4.79 Å². The van der Waals surface area contributed by atoms with Crippen LogP contribution in [-0.2, 0) is 4.79 Å². The molecule has 2 fully saturated rings. The summed E-state index contributed by atoms with van der Waals surface area (Å²) in [4.78, 5) is 15.0. The lowest BCUT2D eigenvalue weighted by Crippen LogP contribution is -2.51. The molecule has 5 unspecified atom stereocenters. The summed E-state index contributed by atoms with van der Waals surface area (Å²) >= 11 is 0. The van der Waals surface area contributed by atoms with E-state index in [1.54, 1.807) is 0 Å². The maximum atomic E-state index is 12.8. The smallest absolute Gasteiger partial charge is 0.226 e. The van der Waals surface area contributed by atoms with E-state index in [4.69, 9.17) is 5.73 Å². The second-order valence-corrected chi connectivity index (χ2v) is 6.85. The Hall–Kier alpha value is -0.570. The van der Waals surface area contributed by atoms with Crippen LogP contribution in [0.3, 0.4) is 0 Å². The largest absolute Gasteiger partial charge is 0.337 e. The van der Waals surface area contributed by atoms with Gasteiger partial charge < -0.3 is 10.6 Å². The summed E-state index contributed by atoms with van der Waals surface area (Å²) < 4.78 is 0. The van der Waals surface area contributed by atoms with E-state index in [0.717, 1.165) is 25.7 Å². The number of nitrogens with zero attached hydrogens (tertiary/aromatic N) is 1. The molecule has 5 atom stereocenters. The van der Waals surface area contributed by atoms with Crippen LogP contribution in [0.15, 0.2) is 0 Å². The Labute approximate surface area is 117 Å². The molecule has 0 aromatic rings.